The first-order chi connectivity index (χ1) is 13.1. The van der Waals surface area contributed by atoms with Crippen LogP contribution in [0.2, 0.25) is 0 Å². The fraction of sp³-hybridized carbons (Fsp3) is 0.286. The van der Waals surface area contributed by atoms with E-state index in [1.54, 1.807) is 20.3 Å². The quantitative estimate of drug-likeness (QED) is 0.653. The van der Waals surface area contributed by atoms with Crippen molar-refractivity contribution in [3.8, 4) is 11.5 Å². The van der Waals surface area contributed by atoms with Gasteiger partial charge in [0.1, 0.15) is 0 Å². The van der Waals surface area contributed by atoms with Gasteiger partial charge in [-0.05, 0) is 43.1 Å². The fourth-order valence-corrected chi connectivity index (χ4v) is 3.22. The fourth-order valence-electron chi connectivity index (χ4n) is 3.22. The number of fused-ring (bicyclic) bond motifs is 1. The van der Waals surface area contributed by atoms with Crippen molar-refractivity contribution in [3.05, 3.63) is 53.2 Å². The first-order valence-electron chi connectivity index (χ1n) is 8.98. The van der Waals surface area contributed by atoms with E-state index in [0.717, 1.165) is 29.1 Å². The zero-order valence-corrected chi connectivity index (χ0v) is 15.9. The maximum atomic E-state index is 12.7. The van der Waals surface area contributed by atoms with Gasteiger partial charge in [-0.3, -0.25) is 4.79 Å². The molecule has 0 fully saturated rings. The number of carbonyl (C=O) groups excluding carboxylic acids is 1. The lowest BCUT2D eigenvalue weighted by Crippen LogP contribution is -2.10. The summed E-state index contributed by atoms with van der Waals surface area (Å²) in [6, 6.07) is 11.7. The van der Waals surface area contributed by atoms with Gasteiger partial charge in [0, 0.05) is 23.0 Å². The van der Waals surface area contributed by atoms with E-state index in [4.69, 9.17) is 15.2 Å². The molecule has 0 bridgehead atoms. The standard InChI is InChI=1S/C21H25N3O3/c1-4-16(23-14-7-5-13(6-8-14)9-10-22)20-15-11-18(26-2)19(27-3)12-17(15)24-21(20)25/h5-8,11-12,23H,4,9-10,22H2,1-3H3,(H,24,25). The zero-order valence-electron chi connectivity index (χ0n) is 15.9. The van der Waals surface area contributed by atoms with Gasteiger partial charge in [0.25, 0.3) is 5.91 Å². The average Bonchev–Trinajstić information content (AvgIpc) is 3.01. The third-order valence-corrected chi connectivity index (χ3v) is 4.61. The Morgan fingerprint density at radius 1 is 1.11 bits per heavy atom. The molecule has 1 amide bonds. The molecule has 0 saturated heterocycles. The van der Waals surface area contributed by atoms with Crippen LogP contribution in [0.5, 0.6) is 11.5 Å². The number of nitrogens with one attached hydrogen (secondary N) is 2. The van der Waals surface area contributed by atoms with Crippen LogP contribution in [0.1, 0.15) is 24.5 Å². The molecular formula is C21H25N3O3. The summed E-state index contributed by atoms with van der Waals surface area (Å²) in [5.41, 5.74) is 10.7. The summed E-state index contributed by atoms with van der Waals surface area (Å²) in [5.74, 6) is 1.04. The van der Waals surface area contributed by atoms with E-state index in [-0.39, 0.29) is 5.91 Å². The predicted octanol–water partition coefficient (Wildman–Crippen LogP) is 3.39. The Morgan fingerprint density at radius 2 is 1.78 bits per heavy atom. The Bertz CT molecular complexity index is 873. The highest BCUT2D eigenvalue weighted by Gasteiger charge is 2.29. The van der Waals surface area contributed by atoms with Gasteiger partial charge in [0.05, 0.1) is 25.5 Å². The van der Waals surface area contributed by atoms with Gasteiger partial charge in [0.15, 0.2) is 11.5 Å². The topological polar surface area (TPSA) is 85.6 Å². The van der Waals surface area contributed by atoms with Crippen molar-refractivity contribution in [3.63, 3.8) is 0 Å². The molecule has 6 nitrogen and oxygen atoms in total. The Labute approximate surface area is 159 Å². The summed E-state index contributed by atoms with van der Waals surface area (Å²) in [6.07, 6.45) is 1.53. The van der Waals surface area contributed by atoms with E-state index in [0.29, 0.717) is 30.0 Å². The molecule has 0 atom stereocenters. The maximum Gasteiger partial charge on any atom is 0.258 e. The molecule has 0 aromatic heterocycles. The van der Waals surface area contributed by atoms with Crippen LogP contribution in [0.4, 0.5) is 11.4 Å². The number of ether oxygens (including phenoxy) is 2. The largest absolute Gasteiger partial charge is 0.493 e. The predicted molar refractivity (Wildman–Crippen MR) is 108 cm³/mol. The highest BCUT2D eigenvalue weighted by atomic mass is 16.5. The average molecular weight is 367 g/mol. The van der Waals surface area contributed by atoms with Crippen molar-refractivity contribution >= 4 is 22.9 Å². The molecule has 0 aliphatic carbocycles. The maximum absolute atomic E-state index is 12.7. The molecule has 2 aromatic rings. The molecule has 2 aromatic carbocycles. The summed E-state index contributed by atoms with van der Waals surface area (Å²) >= 11 is 0. The van der Waals surface area contributed by atoms with Gasteiger partial charge < -0.3 is 25.8 Å². The van der Waals surface area contributed by atoms with Crippen molar-refractivity contribution < 1.29 is 14.3 Å². The van der Waals surface area contributed by atoms with Gasteiger partial charge in [-0.2, -0.15) is 0 Å². The van der Waals surface area contributed by atoms with Crippen molar-refractivity contribution in [1.82, 2.24) is 0 Å². The highest BCUT2D eigenvalue weighted by molar-refractivity contribution is 6.32. The van der Waals surface area contributed by atoms with Gasteiger partial charge in [-0.1, -0.05) is 19.1 Å². The van der Waals surface area contributed by atoms with Gasteiger partial charge in [-0.25, -0.2) is 0 Å². The zero-order chi connectivity index (χ0) is 19.4. The van der Waals surface area contributed by atoms with E-state index in [1.165, 1.54) is 5.56 Å². The number of hydrogen-bond donors (Lipinski definition) is 3. The van der Waals surface area contributed by atoms with Crippen molar-refractivity contribution in [1.29, 1.82) is 0 Å². The van der Waals surface area contributed by atoms with Crippen molar-refractivity contribution in [2.45, 2.75) is 19.8 Å². The third kappa shape index (κ3) is 3.75. The lowest BCUT2D eigenvalue weighted by atomic mass is 10.0. The molecule has 3 rings (SSSR count). The molecule has 1 heterocycles. The van der Waals surface area contributed by atoms with Crippen molar-refractivity contribution in [2.24, 2.45) is 5.73 Å². The monoisotopic (exact) mass is 367 g/mol. The Hall–Kier alpha value is -2.99. The van der Waals surface area contributed by atoms with Gasteiger partial charge in [0.2, 0.25) is 0 Å². The van der Waals surface area contributed by atoms with Crippen LogP contribution in [0.3, 0.4) is 0 Å². The van der Waals surface area contributed by atoms with E-state index < -0.39 is 0 Å². The van der Waals surface area contributed by atoms with Crippen LogP contribution in [0, 0.1) is 0 Å². The first-order valence-corrected chi connectivity index (χ1v) is 8.98. The second kappa shape index (κ2) is 8.14. The number of rotatable bonds is 7. The molecule has 6 heteroatoms. The minimum Gasteiger partial charge on any atom is -0.493 e. The van der Waals surface area contributed by atoms with Crippen LogP contribution < -0.4 is 25.8 Å². The summed E-state index contributed by atoms with van der Waals surface area (Å²) in [4.78, 5) is 12.7. The number of benzene rings is 2. The number of methoxy groups -OCH3 is 2. The lowest BCUT2D eigenvalue weighted by molar-refractivity contribution is -0.110. The molecule has 142 valence electrons. The number of anilines is 2. The summed E-state index contributed by atoms with van der Waals surface area (Å²) in [5, 5.41) is 6.31. The molecule has 0 radical (unpaired) electrons. The molecule has 0 unspecified atom stereocenters. The number of hydrogen-bond acceptors (Lipinski definition) is 5. The number of carbonyl (C=O) groups is 1. The lowest BCUT2D eigenvalue weighted by Gasteiger charge is -2.14. The van der Waals surface area contributed by atoms with E-state index in [2.05, 4.69) is 10.6 Å². The number of nitrogens with two attached hydrogens (primary N) is 1. The molecule has 1 aliphatic rings. The molecule has 0 saturated carbocycles. The second-order valence-electron chi connectivity index (χ2n) is 6.27. The van der Waals surface area contributed by atoms with Crippen LogP contribution in [0.15, 0.2) is 42.1 Å². The van der Waals surface area contributed by atoms with Crippen molar-refractivity contribution in [2.75, 3.05) is 31.4 Å². The van der Waals surface area contributed by atoms with E-state index >= 15 is 0 Å². The van der Waals surface area contributed by atoms with E-state index in [1.807, 2.05) is 37.3 Å². The normalized spacial score (nSPS) is 14.4. The van der Waals surface area contributed by atoms with Crippen LogP contribution >= 0.6 is 0 Å². The minimum atomic E-state index is -0.135. The number of amides is 1. The number of allylic oxidation sites excluding steroid dienone is 1. The first kappa shape index (κ1) is 18.8. The molecule has 4 N–H and O–H groups in total. The smallest absolute Gasteiger partial charge is 0.258 e. The van der Waals surface area contributed by atoms with Crippen LogP contribution in [-0.4, -0.2) is 26.7 Å². The highest BCUT2D eigenvalue weighted by Crippen LogP contribution is 2.42. The summed E-state index contributed by atoms with van der Waals surface area (Å²) < 4.78 is 10.7. The van der Waals surface area contributed by atoms with Gasteiger partial charge >= 0.3 is 0 Å². The van der Waals surface area contributed by atoms with Crippen LogP contribution in [-0.2, 0) is 11.2 Å². The van der Waals surface area contributed by atoms with E-state index in [9.17, 15) is 4.79 Å². The van der Waals surface area contributed by atoms with Crippen LogP contribution in [0.25, 0.3) is 5.57 Å². The Kier molecular flexibility index (Phi) is 5.66. The third-order valence-electron chi connectivity index (χ3n) is 4.61. The molecule has 27 heavy (non-hydrogen) atoms. The summed E-state index contributed by atoms with van der Waals surface area (Å²) in [7, 11) is 3.16. The molecular weight excluding hydrogens is 342 g/mol. The molecule has 1 aliphatic heterocycles. The second-order valence-corrected chi connectivity index (χ2v) is 6.27. The van der Waals surface area contributed by atoms with Gasteiger partial charge in [-0.15, -0.1) is 0 Å². The summed E-state index contributed by atoms with van der Waals surface area (Å²) in [6.45, 7) is 2.64. The SMILES string of the molecule is CCC(Nc1ccc(CCN)cc1)=C1C(=O)Nc2cc(OC)c(OC)cc21. The minimum absolute atomic E-state index is 0.135. The molecule has 0 spiro atoms. The Morgan fingerprint density at radius 3 is 2.37 bits per heavy atom. The Balaban J connectivity index is 1.99.